The molecule has 4 nitrogen and oxygen atoms in total. The van der Waals surface area contributed by atoms with Gasteiger partial charge in [-0.15, -0.1) is 0 Å². The molecule has 1 aromatic rings. The molecule has 18 heavy (non-hydrogen) atoms. The van der Waals surface area contributed by atoms with Crippen LogP contribution in [-0.4, -0.2) is 38.1 Å². The molecule has 0 aromatic heterocycles. The maximum absolute atomic E-state index is 12.2. The van der Waals surface area contributed by atoms with Gasteiger partial charge in [-0.25, -0.2) is 0 Å². The first-order chi connectivity index (χ1) is 8.57. The van der Waals surface area contributed by atoms with E-state index in [0.29, 0.717) is 13.2 Å². The second-order valence-electron chi connectivity index (χ2n) is 4.48. The number of nitrogens with zero attached hydrogens (tertiary/aromatic N) is 1. The van der Waals surface area contributed by atoms with Crippen LogP contribution >= 0.6 is 0 Å². The van der Waals surface area contributed by atoms with Crippen LogP contribution in [0, 0.1) is 5.92 Å². The van der Waals surface area contributed by atoms with Crippen LogP contribution in [0.5, 0.6) is 0 Å². The van der Waals surface area contributed by atoms with Crippen molar-refractivity contribution in [3.8, 4) is 0 Å². The van der Waals surface area contributed by atoms with Crippen LogP contribution in [0.1, 0.15) is 18.5 Å². The summed E-state index contributed by atoms with van der Waals surface area (Å²) >= 11 is 0. The third-order valence-corrected chi connectivity index (χ3v) is 3.12. The van der Waals surface area contributed by atoms with E-state index in [1.54, 1.807) is 19.1 Å². The van der Waals surface area contributed by atoms with Crippen LogP contribution < -0.4 is 5.73 Å². The van der Waals surface area contributed by atoms with Crippen molar-refractivity contribution in [3.05, 3.63) is 35.9 Å². The van der Waals surface area contributed by atoms with Gasteiger partial charge < -0.3 is 15.4 Å². The van der Waals surface area contributed by atoms with Gasteiger partial charge in [0.1, 0.15) is 0 Å². The second kappa shape index (κ2) is 7.13. The molecule has 0 aliphatic heterocycles. The number of carbonyl (C=O) groups is 1. The predicted octanol–water partition coefficient (Wildman–Crippen LogP) is 1.43. The molecule has 1 aromatic carbocycles. The number of nitrogens with two attached hydrogens (primary N) is 1. The van der Waals surface area contributed by atoms with Crippen molar-refractivity contribution in [3.63, 3.8) is 0 Å². The molecular formula is C14H22N2O2. The van der Waals surface area contributed by atoms with Crippen LogP contribution in [-0.2, 0) is 9.53 Å². The first-order valence-corrected chi connectivity index (χ1v) is 6.12. The summed E-state index contributed by atoms with van der Waals surface area (Å²) in [4.78, 5) is 13.8. The van der Waals surface area contributed by atoms with E-state index in [9.17, 15) is 4.79 Å². The van der Waals surface area contributed by atoms with Crippen molar-refractivity contribution in [1.29, 1.82) is 0 Å². The Morgan fingerprint density at radius 2 is 2.00 bits per heavy atom. The molecule has 100 valence electrons. The summed E-state index contributed by atoms with van der Waals surface area (Å²) in [6, 6.07) is 9.42. The van der Waals surface area contributed by atoms with Crippen molar-refractivity contribution < 1.29 is 9.53 Å². The van der Waals surface area contributed by atoms with Gasteiger partial charge in [-0.05, 0) is 5.56 Å². The fourth-order valence-corrected chi connectivity index (χ4v) is 1.80. The Kier molecular flexibility index (Phi) is 5.82. The van der Waals surface area contributed by atoms with Crippen LogP contribution in [0.3, 0.4) is 0 Å². The average molecular weight is 250 g/mol. The number of methoxy groups -OCH3 is 1. The largest absolute Gasteiger partial charge is 0.383 e. The highest BCUT2D eigenvalue weighted by atomic mass is 16.5. The van der Waals surface area contributed by atoms with Gasteiger partial charge in [-0.3, -0.25) is 4.79 Å². The lowest BCUT2D eigenvalue weighted by atomic mass is 9.94. The molecule has 0 radical (unpaired) electrons. The van der Waals surface area contributed by atoms with E-state index in [4.69, 9.17) is 10.5 Å². The molecule has 4 heteroatoms. The quantitative estimate of drug-likeness (QED) is 0.831. The van der Waals surface area contributed by atoms with Crippen molar-refractivity contribution in [1.82, 2.24) is 4.90 Å². The molecule has 2 unspecified atom stereocenters. The number of ether oxygens (including phenoxy) is 1. The third-order valence-electron chi connectivity index (χ3n) is 3.12. The highest BCUT2D eigenvalue weighted by molar-refractivity contribution is 5.79. The van der Waals surface area contributed by atoms with E-state index < -0.39 is 0 Å². The van der Waals surface area contributed by atoms with E-state index in [-0.39, 0.29) is 17.9 Å². The Bertz CT molecular complexity index is 367. The van der Waals surface area contributed by atoms with Gasteiger partial charge in [0.25, 0.3) is 0 Å². The number of carbonyl (C=O) groups excluding carboxylic acids is 1. The molecule has 0 fully saturated rings. The lowest BCUT2D eigenvalue weighted by molar-refractivity contribution is -0.134. The minimum Gasteiger partial charge on any atom is -0.383 e. The smallest absolute Gasteiger partial charge is 0.227 e. The molecule has 1 rings (SSSR count). The molecule has 0 bridgehead atoms. The first-order valence-electron chi connectivity index (χ1n) is 6.12. The highest BCUT2D eigenvalue weighted by Crippen LogP contribution is 2.20. The van der Waals surface area contributed by atoms with Gasteiger partial charge >= 0.3 is 0 Å². The minimum absolute atomic E-state index is 0.0448. The topological polar surface area (TPSA) is 55.6 Å². The summed E-state index contributed by atoms with van der Waals surface area (Å²) in [5.41, 5.74) is 7.11. The number of likely N-dealkylation sites (N-methyl/N-ethyl adjacent to an activating group) is 1. The summed E-state index contributed by atoms with van der Waals surface area (Å²) in [6.45, 7) is 2.99. The predicted molar refractivity (Wildman–Crippen MR) is 72.0 cm³/mol. The molecule has 0 aliphatic rings. The van der Waals surface area contributed by atoms with Gasteiger partial charge in [0.15, 0.2) is 0 Å². The highest BCUT2D eigenvalue weighted by Gasteiger charge is 2.24. The molecule has 0 saturated heterocycles. The summed E-state index contributed by atoms with van der Waals surface area (Å²) in [7, 11) is 3.40. The Morgan fingerprint density at radius 1 is 1.39 bits per heavy atom. The maximum Gasteiger partial charge on any atom is 0.227 e. The van der Waals surface area contributed by atoms with Crippen molar-refractivity contribution >= 4 is 5.91 Å². The zero-order valence-electron chi connectivity index (χ0n) is 11.3. The molecule has 2 atom stereocenters. The number of benzene rings is 1. The fourth-order valence-electron chi connectivity index (χ4n) is 1.80. The van der Waals surface area contributed by atoms with Crippen LogP contribution in [0.4, 0.5) is 0 Å². The summed E-state index contributed by atoms with van der Waals surface area (Å²) in [5, 5.41) is 0. The van der Waals surface area contributed by atoms with Gasteiger partial charge in [0, 0.05) is 26.7 Å². The zero-order chi connectivity index (χ0) is 13.5. The van der Waals surface area contributed by atoms with Crippen molar-refractivity contribution in [2.45, 2.75) is 13.0 Å². The van der Waals surface area contributed by atoms with Crippen LogP contribution in [0.15, 0.2) is 30.3 Å². The molecular weight excluding hydrogens is 228 g/mol. The van der Waals surface area contributed by atoms with Gasteiger partial charge in [-0.2, -0.15) is 0 Å². The van der Waals surface area contributed by atoms with Crippen LogP contribution in [0.25, 0.3) is 0 Å². The Morgan fingerprint density at radius 3 is 2.56 bits per heavy atom. The summed E-state index contributed by atoms with van der Waals surface area (Å²) in [6.07, 6.45) is 0. The molecule has 1 amide bonds. The summed E-state index contributed by atoms with van der Waals surface area (Å²) in [5.74, 6) is -0.197. The van der Waals surface area contributed by atoms with E-state index in [0.717, 1.165) is 5.56 Å². The normalized spacial score (nSPS) is 14.0. The SMILES string of the molecule is COCCN(C)C(=O)C(C)C(N)c1ccccc1. The van der Waals surface area contributed by atoms with E-state index in [2.05, 4.69) is 0 Å². The molecule has 0 aliphatic carbocycles. The minimum atomic E-state index is -0.274. The fraction of sp³-hybridized carbons (Fsp3) is 0.500. The van der Waals surface area contributed by atoms with E-state index in [1.165, 1.54) is 0 Å². The second-order valence-corrected chi connectivity index (χ2v) is 4.48. The number of rotatable bonds is 6. The molecule has 0 spiro atoms. The Hall–Kier alpha value is -1.39. The van der Waals surface area contributed by atoms with Gasteiger partial charge in [0.2, 0.25) is 5.91 Å². The number of hydrogen-bond acceptors (Lipinski definition) is 3. The number of hydrogen-bond donors (Lipinski definition) is 1. The number of amides is 1. The lowest BCUT2D eigenvalue weighted by Gasteiger charge is -2.25. The monoisotopic (exact) mass is 250 g/mol. The molecule has 0 heterocycles. The van der Waals surface area contributed by atoms with Crippen molar-refractivity contribution in [2.75, 3.05) is 27.3 Å². The summed E-state index contributed by atoms with van der Waals surface area (Å²) < 4.78 is 4.96. The van der Waals surface area contributed by atoms with E-state index >= 15 is 0 Å². The maximum atomic E-state index is 12.2. The van der Waals surface area contributed by atoms with Gasteiger partial charge in [0.05, 0.1) is 12.5 Å². The lowest BCUT2D eigenvalue weighted by Crippen LogP contribution is -2.38. The van der Waals surface area contributed by atoms with Crippen LogP contribution in [0.2, 0.25) is 0 Å². The zero-order valence-corrected chi connectivity index (χ0v) is 11.3. The third kappa shape index (κ3) is 3.82. The Balaban J connectivity index is 2.63. The van der Waals surface area contributed by atoms with Crippen molar-refractivity contribution in [2.24, 2.45) is 11.7 Å². The molecule has 0 saturated carbocycles. The average Bonchev–Trinajstić information content (AvgIpc) is 2.43. The molecule has 2 N–H and O–H groups in total. The first kappa shape index (κ1) is 14.7. The van der Waals surface area contributed by atoms with E-state index in [1.807, 2.05) is 37.3 Å². The van der Waals surface area contributed by atoms with Gasteiger partial charge in [-0.1, -0.05) is 37.3 Å². The Labute approximate surface area is 109 Å². The standard InChI is InChI=1S/C14H22N2O2/c1-11(14(17)16(2)9-10-18-3)13(15)12-7-5-4-6-8-12/h4-8,11,13H,9-10,15H2,1-3H3.